The molecule has 0 aromatic heterocycles. The smallest absolute Gasteiger partial charge is 0.251 e. The molecular formula is C13H17N3O3. The molecule has 1 aromatic carbocycles. The summed E-state index contributed by atoms with van der Waals surface area (Å²) in [6.45, 7) is 2.47. The van der Waals surface area contributed by atoms with Gasteiger partial charge in [0.15, 0.2) is 0 Å². The van der Waals surface area contributed by atoms with E-state index in [1.165, 1.54) is 0 Å². The Bertz CT molecular complexity index is 514. The lowest BCUT2D eigenvalue weighted by Gasteiger charge is -2.13. The largest absolute Gasteiger partial charge is 0.493 e. The lowest BCUT2D eigenvalue weighted by atomic mass is 10.1. The molecule has 4 N–H and O–H groups in total. The fourth-order valence-electron chi connectivity index (χ4n) is 2.04. The highest BCUT2D eigenvalue weighted by Crippen LogP contribution is 2.25. The molecule has 1 amide bonds. The Labute approximate surface area is 111 Å². The van der Waals surface area contributed by atoms with Gasteiger partial charge in [0.2, 0.25) is 0 Å². The number of oxime groups is 1. The molecule has 0 radical (unpaired) electrons. The Morgan fingerprint density at radius 1 is 1.63 bits per heavy atom. The summed E-state index contributed by atoms with van der Waals surface area (Å²) in [5, 5.41) is 14.2. The molecule has 19 heavy (non-hydrogen) atoms. The van der Waals surface area contributed by atoms with Crippen LogP contribution >= 0.6 is 0 Å². The van der Waals surface area contributed by atoms with Crippen molar-refractivity contribution in [3.05, 3.63) is 29.3 Å². The predicted molar refractivity (Wildman–Crippen MR) is 70.6 cm³/mol. The maximum absolute atomic E-state index is 12.0. The third-order valence-electron chi connectivity index (χ3n) is 2.97. The molecule has 0 saturated carbocycles. The van der Waals surface area contributed by atoms with E-state index in [-0.39, 0.29) is 17.8 Å². The molecule has 0 bridgehead atoms. The molecule has 0 fully saturated rings. The Balaban J connectivity index is 2.00. The third-order valence-corrected chi connectivity index (χ3v) is 2.97. The standard InChI is InChI=1S/C13H17N3O3/c1-8(6-12(14)16-18)15-13(17)10-2-3-11-9(7-10)4-5-19-11/h2-3,7-8,18H,4-6H2,1H3,(H2,14,16)(H,15,17). The molecule has 0 spiro atoms. The minimum absolute atomic E-state index is 0.0927. The van der Waals surface area contributed by atoms with Crippen LogP contribution < -0.4 is 15.8 Å². The van der Waals surface area contributed by atoms with Crippen molar-refractivity contribution < 1.29 is 14.7 Å². The van der Waals surface area contributed by atoms with Gasteiger partial charge in [-0.1, -0.05) is 5.16 Å². The van der Waals surface area contributed by atoms with Crippen LogP contribution in [-0.4, -0.2) is 29.6 Å². The predicted octanol–water partition coefficient (Wildman–Crippen LogP) is 0.876. The van der Waals surface area contributed by atoms with E-state index in [0.29, 0.717) is 18.6 Å². The average molecular weight is 263 g/mol. The number of fused-ring (bicyclic) bond motifs is 1. The number of amides is 1. The number of carbonyl (C=O) groups is 1. The molecule has 2 rings (SSSR count). The maximum atomic E-state index is 12.0. The second kappa shape index (κ2) is 5.60. The zero-order valence-corrected chi connectivity index (χ0v) is 10.7. The van der Waals surface area contributed by atoms with Gasteiger partial charge in [-0.2, -0.15) is 0 Å². The van der Waals surface area contributed by atoms with Crippen molar-refractivity contribution >= 4 is 11.7 Å². The molecule has 1 aromatic rings. The van der Waals surface area contributed by atoms with E-state index < -0.39 is 0 Å². The second-order valence-corrected chi connectivity index (χ2v) is 4.59. The Kier molecular flexibility index (Phi) is 3.89. The maximum Gasteiger partial charge on any atom is 0.251 e. The van der Waals surface area contributed by atoms with Crippen molar-refractivity contribution in [3.63, 3.8) is 0 Å². The first-order valence-electron chi connectivity index (χ1n) is 6.13. The van der Waals surface area contributed by atoms with Gasteiger partial charge in [0.05, 0.1) is 6.61 Å². The summed E-state index contributed by atoms with van der Waals surface area (Å²) in [7, 11) is 0. The van der Waals surface area contributed by atoms with E-state index in [9.17, 15) is 4.79 Å². The molecule has 1 atom stereocenters. The lowest BCUT2D eigenvalue weighted by Crippen LogP contribution is -2.35. The normalized spacial score (nSPS) is 15.5. The summed E-state index contributed by atoms with van der Waals surface area (Å²) in [6.07, 6.45) is 1.13. The molecule has 6 heteroatoms. The molecule has 1 aliphatic rings. The topological polar surface area (TPSA) is 96.9 Å². The van der Waals surface area contributed by atoms with E-state index >= 15 is 0 Å². The Hall–Kier alpha value is -2.24. The van der Waals surface area contributed by atoms with Crippen molar-refractivity contribution in [2.24, 2.45) is 10.9 Å². The molecule has 1 aliphatic heterocycles. The van der Waals surface area contributed by atoms with Crippen LogP contribution in [0.3, 0.4) is 0 Å². The van der Waals surface area contributed by atoms with Crippen molar-refractivity contribution in [1.82, 2.24) is 5.32 Å². The number of carbonyl (C=O) groups excluding carboxylic acids is 1. The first-order valence-corrected chi connectivity index (χ1v) is 6.13. The summed E-state index contributed by atoms with van der Waals surface area (Å²) >= 11 is 0. The van der Waals surface area contributed by atoms with E-state index in [4.69, 9.17) is 15.7 Å². The molecule has 1 unspecified atom stereocenters. The van der Waals surface area contributed by atoms with Gasteiger partial charge in [-0.25, -0.2) is 0 Å². The minimum Gasteiger partial charge on any atom is -0.493 e. The van der Waals surface area contributed by atoms with Crippen LogP contribution in [0.5, 0.6) is 5.75 Å². The summed E-state index contributed by atoms with van der Waals surface area (Å²) in [5.74, 6) is 0.768. The van der Waals surface area contributed by atoms with E-state index in [1.807, 2.05) is 12.1 Å². The van der Waals surface area contributed by atoms with Crippen molar-refractivity contribution in [1.29, 1.82) is 0 Å². The molecule has 0 aliphatic carbocycles. The average Bonchev–Trinajstić information content (AvgIpc) is 2.85. The zero-order chi connectivity index (χ0) is 13.8. The third kappa shape index (κ3) is 3.15. The van der Waals surface area contributed by atoms with Gasteiger partial charge in [0.25, 0.3) is 5.91 Å². The van der Waals surface area contributed by atoms with Crippen LogP contribution in [0.4, 0.5) is 0 Å². The molecular weight excluding hydrogens is 246 g/mol. The zero-order valence-electron chi connectivity index (χ0n) is 10.7. The number of nitrogens with zero attached hydrogens (tertiary/aromatic N) is 1. The Morgan fingerprint density at radius 2 is 2.42 bits per heavy atom. The molecule has 102 valence electrons. The number of hydrogen-bond acceptors (Lipinski definition) is 4. The van der Waals surface area contributed by atoms with E-state index in [0.717, 1.165) is 17.7 Å². The number of hydrogen-bond donors (Lipinski definition) is 3. The van der Waals surface area contributed by atoms with Gasteiger partial charge in [-0.05, 0) is 30.7 Å². The van der Waals surface area contributed by atoms with Gasteiger partial charge in [0.1, 0.15) is 11.6 Å². The minimum atomic E-state index is -0.201. The molecule has 6 nitrogen and oxygen atoms in total. The lowest BCUT2D eigenvalue weighted by molar-refractivity contribution is 0.0941. The highest BCUT2D eigenvalue weighted by Gasteiger charge is 2.16. The number of rotatable bonds is 4. The summed E-state index contributed by atoms with van der Waals surface area (Å²) in [5.41, 5.74) is 7.04. The molecule has 1 heterocycles. The first-order chi connectivity index (χ1) is 9.10. The van der Waals surface area contributed by atoms with Crippen LogP contribution in [-0.2, 0) is 6.42 Å². The SMILES string of the molecule is CC(CC(N)=NO)NC(=O)c1ccc2c(c1)CCO2. The van der Waals surface area contributed by atoms with Crippen LogP contribution in [0.15, 0.2) is 23.4 Å². The monoisotopic (exact) mass is 263 g/mol. The van der Waals surface area contributed by atoms with Crippen LogP contribution in [0, 0.1) is 0 Å². The van der Waals surface area contributed by atoms with Crippen LogP contribution in [0.25, 0.3) is 0 Å². The summed E-state index contributed by atoms with van der Waals surface area (Å²) in [4.78, 5) is 12.0. The Morgan fingerprint density at radius 3 is 3.16 bits per heavy atom. The van der Waals surface area contributed by atoms with Crippen molar-refractivity contribution in [2.45, 2.75) is 25.8 Å². The number of amidine groups is 1. The quantitative estimate of drug-likeness (QED) is 0.325. The summed E-state index contributed by atoms with van der Waals surface area (Å²) in [6, 6.07) is 5.18. The van der Waals surface area contributed by atoms with Gasteiger partial charge in [0, 0.05) is 24.4 Å². The fourth-order valence-corrected chi connectivity index (χ4v) is 2.04. The van der Waals surface area contributed by atoms with Crippen molar-refractivity contribution in [2.75, 3.05) is 6.61 Å². The van der Waals surface area contributed by atoms with Gasteiger partial charge >= 0.3 is 0 Å². The number of nitrogens with two attached hydrogens (primary N) is 1. The van der Waals surface area contributed by atoms with Gasteiger partial charge in [-0.3, -0.25) is 4.79 Å². The van der Waals surface area contributed by atoms with Gasteiger partial charge < -0.3 is 21.0 Å². The van der Waals surface area contributed by atoms with Gasteiger partial charge in [-0.15, -0.1) is 0 Å². The first kappa shape index (κ1) is 13.2. The van der Waals surface area contributed by atoms with Crippen molar-refractivity contribution in [3.8, 4) is 5.75 Å². The highest BCUT2D eigenvalue weighted by molar-refractivity contribution is 5.95. The number of nitrogens with one attached hydrogen (secondary N) is 1. The number of ether oxygens (including phenoxy) is 1. The fraction of sp³-hybridized carbons (Fsp3) is 0.385. The number of benzene rings is 1. The highest BCUT2D eigenvalue weighted by atomic mass is 16.5. The molecule has 0 saturated heterocycles. The summed E-state index contributed by atoms with van der Waals surface area (Å²) < 4.78 is 5.39. The van der Waals surface area contributed by atoms with Crippen LogP contribution in [0.1, 0.15) is 29.3 Å². The van der Waals surface area contributed by atoms with E-state index in [1.54, 1.807) is 13.0 Å². The van der Waals surface area contributed by atoms with E-state index in [2.05, 4.69) is 10.5 Å². The second-order valence-electron chi connectivity index (χ2n) is 4.59. The van der Waals surface area contributed by atoms with Crippen LogP contribution in [0.2, 0.25) is 0 Å².